The second-order valence-corrected chi connectivity index (χ2v) is 9.33. The molecule has 190 valence electrons. The summed E-state index contributed by atoms with van der Waals surface area (Å²) in [7, 11) is 3.22. The molecule has 7 nitrogen and oxygen atoms in total. The van der Waals surface area contributed by atoms with Gasteiger partial charge < -0.3 is 24.6 Å². The molecule has 1 amide bonds. The minimum absolute atomic E-state index is 0.0640. The van der Waals surface area contributed by atoms with Crippen molar-refractivity contribution < 1.29 is 28.9 Å². The number of hydrogen-bond acceptors (Lipinski definition) is 6. The summed E-state index contributed by atoms with van der Waals surface area (Å²) in [6.45, 7) is 0.0640. The van der Waals surface area contributed by atoms with E-state index in [1.165, 1.54) is 11.8 Å². The minimum atomic E-state index is -1.12. The molecule has 0 saturated heterocycles. The van der Waals surface area contributed by atoms with Crippen molar-refractivity contribution in [3.63, 3.8) is 0 Å². The Morgan fingerprint density at radius 2 is 1.42 bits per heavy atom. The van der Waals surface area contributed by atoms with Crippen molar-refractivity contribution >= 4 is 23.8 Å². The second kappa shape index (κ2) is 14.0. The predicted octanol–water partition coefficient (Wildman–Crippen LogP) is 5.32. The molecule has 36 heavy (non-hydrogen) atoms. The predicted molar refractivity (Wildman–Crippen MR) is 141 cm³/mol. The third-order valence-electron chi connectivity index (χ3n) is 5.62. The lowest BCUT2D eigenvalue weighted by Crippen LogP contribution is -2.48. The number of thioether (sulfide) groups is 1. The number of carboxylic acids is 1. The van der Waals surface area contributed by atoms with Crippen LogP contribution >= 0.6 is 11.8 Å². The lowest BCUT2D eigenvalue weighted by molar-refractivity contribution is -0.139. The molecule has 3 aromatic carbocycles. The number of carbonyl (C=O) groups is 2. The van der Waals surface area contributed by atoms with Crippen molar-refractivity contribution in [1.82, 2.24) is 5.32 Å². The summed E-state index contributed by atoms with van der Waals surface area (Å²) in [6, 6.07) is 23.4. The Labute approximate surface area is 215 Å². The van der Waals surface area contributed by atoms with Gasteiger partial charge in [0.05, 0.1) is 14.2 Å². The van der Waals surface area contributed by atoms with E-state index in [2.05, 4.69) is 5.32 Å². The maximum Gasteiger partial charge on any atom is 0.408 e. The summed E-state index contributed by atoms with van der Waals surface area (Å²) >= 11 is 1.49. The number of amides is 1. The van der Waals surface area contributed by atoms with Crippen LogP contribution < -0.4 is 14.8 Å². The number of hydrogen-bond donors (Lipinski definition) is 2. The number of carbonyl (C=O) groups excluding carboxylic acids is 1. The van der Waals surface area contributed by atoms with E-state index in [1.54, 1.807) is 14.2 Å². The van der Waals surface area contributed by atoms with Crippen LogP contribution in [0, 0.1) is 0 Å². The molecule has 0 spiro atoms. The number of carboxylic acid groups (broad SMARTS) is 1. The summed E-state index contributed by atoms with van der Waals surface area (Å²) in [5, 5.41) is 12.2. The molecule has 2 unspecified atom stereocenters. The van der Waals surface area contributed by atoms with Crippen molar-refractivity contribution in [3.8, 4) is 11.5 Å². The number of rotatable bonds is 13. The van der Waals surface area contributed by atoms with Crippen LogP contribution in [0.5, 0.6) is 11.5 Å². The average molecular weight is 510 g/mol. The van der Waals surface area contributed by atoms with Gasteiger partial charge in [0.1, 0.15) is 24.1 Å². The maximum atomic E-state index is 12.5. The number of alkyl carbamates (subject to hydrolysis) is 1. The van der Waals surface area contributed by atoms with Crippen LogP contribution in [0.2, 0.25) is 0 Å². The van der Waals surface area contributed by atoms with E-state index in [1.807, 2.05) is 78.9 Å². The Hall–Kier alpha value is -3.65. The molecular formula is C28H31NO6S. The van der Waals surface area contributed by atoms with Gasteiger partial charge in [0.25, 0.3) is 0 Å². The molecule has 0 heterocycles. The van der Waals surface area contributed by atoms with E-state index < -0.39 is 23.4 Å². The number of ether oxygens (including phenoxy) is 3. The van der Waals surface area contributed by atoms with Gasteiger partial charge in [-0.3, -0.25) is 0 Å². The SMILES string of the molecule is COc1ccc(CCC(SCc2ccc(OC)cc2)C(NC(=O)OCc2ccccc2)C(=O)O)cc1. The molecular weight excluding hydrogens is 478 g/mol. The van der Waals surface area contributed by atoms with Crippen LogP contribution in [0.3, 0.4) is 0 Å². The fourth-order valence-corrected chi connectivity index (χ4v) is 4.84. The fraction of sp³-hybridized carbons (Fsp3) is 0.286. The molecule has 0 aliphatic carbocycles. The minimum Gasteiger partial charge on any atom is -0.497 e. The van der Waals surface area contributed by atoms with E-state index in [-0.39, 0.29) is 6.61 Å². The van der Waals surface area contributed by atoms with Crippen molar-refractivity contribution in [3.05, 3.63) is 95.6 Å². The monoisotopic (exact) mass is 509 g/mol. The van der Waals surface area contributed by atoms with Gasteiger partial charge in [-0.2, -0.15) is 11.8 Å². The van der Waals surface area contributed by atoms with Gasteiger partial charge in [0, 0.05) is 11.0 Å². The number of methoxy groups -OCH3 is 2. The molecule has 3 aromatic rings. The highest BCUT2D eigenvalue weighted by Gasteiger charge is 2.30. The molecule has 8 heteroatoms. The van der Waals surface area contributed by atoms with Crippen LogP contribution in [-0.4, -0.2) is 42.7 Å². The van der Waals surface area contributed by atoms with Crippen LogP contribution in [-0.2, 0) is 28.3 Å². The third kappa shape index (κ3) is 8.53. The van der Waals surface area contributed by atoms with Crippen molar-refractivity contribution in [2.24, 2.45) is 0 Å². The van der Waals surface area contributed by atoms with Crippen LogP contribution in [0.1, 0.15) is 23.1 Å². The van der Waals surface area contributed by atoms with Gasteiger partial charge in [-0.15, -0.1) is 0 Å². The summed E-state index contributed by atoms with van der Waals surface area (Å²) < 4.78 is 15.7. The zero-order valence-electron chi connectivity index (χ0n) is 20.4. The first-order chi connectivity index (χ1) is 17.5. The number of aliphatic carboxylic acids is 1. The van der Waals surface area contributed by atoms with E-state index in [4.69, 9.17) is 14.2 Å². The third-order valence-corrected chi connectivity index (χ3v) is 7.06. The van der Waals surface area contributed by atoms with Crippen molar-refractivity contribution in [2.45, 2.75) is 36.5 Å². The van der Waals surface area contributed by atoms with Gasteiger partial charge in [-0.05, 0) is 53.8 Å². The summed E-state index contributed by atoms with van der Waals surface area (Å²) in [5.74, 6) is 0.997. The molecule has 0 radical (unpaired) electrons. The molecule has 0 fully saturated rings. The number of benzene rings is 3. The zero-order valence-corrected chi connectivity index (χ0v) is 21.2. The molecule has 0 saturated carbocycles. The lowest BCUT2D eigenvalue weighted by Gasteiger charge is -2.24. The molecule has 0 aromatic heterocycles. The normalized spacial score (nSPS) is 12.3. The first kappa shape index (κ1) is 26.9. The largest absolute Gasteiger partial charge is 0.497 e. The Morgan fingerprint density at radius 3 is 1.97 bits per heavy atom. The second-order valence-electron chi connectivity index (χ2n) is 8.11. The summed E-state index contributed by atoms with van der Waals surface area (Å²) in [4.78, 5) is 24.7. The van der Waals surface area contributed by atoms with Gasteiger partial charge in [0.15, 0.2) is 0 Å². The van der Waals surface area contributed by atoms with Gasteiger partial charge >= 0.3 is 12.1 Å². The van der Waals surface area contributed by atoms with Crippen molar-refractivity contribution in [2.75, 3.05) is 14.2 Å². The smallest absolute Gasteiger partial charge is 0.408 e. The lowest BCUT2D eigenvalue weighted by atomic mass is 10.0. The summed E-state index contributed by atoms with van der Waals surface area (Å²) in [5.41, 5.74) is 2.91. The summed E-state index contributed by atoms with van der Waals surface area (Å²) in [6.07, 6.45) is 0.434. The highest BCUT2D eigenvalue weighted by molar-refractivity contribution is 7.99. The van der Waals surface area contributed by atoms with E-state index in [9.17, 15) is 14.7 Å². The molecule has 2 N–H and O–H groups in total. The average Bonchev–Trinajstić information content (AvgIpc) is 2.92. The van der Waals surface area contributed by atoms with Crippen LogP contribution in [0.4, 0.5) is 4.79 Å². The van der Waals surface area contributed by atoms with Gasteiger partial charge in [-0.1, -0.05) is 54.6 Å². The number of aryl methyl sites for hydroxylation is 1. The van der Waals surface area contributed by atoms with Crippen LogP contribution in [0.15, 0.2) is 78.9 Å². The first-order valence-electron chi connectivity index (χ1n) is 11.6. The molecule has 2 atom stereocenters. The standard InChI is InChI=1S/C28H31NO6S/c1-33-23-13-8-20(9-14-23)12-17-25(36-19-22-10-15-24(34-2)16-11-22)26(27(30)31)29-28(32)35-18-21-6-4-3-5-7-21/h3-11,13-16,25-26H,12,17-19H2,1-2H3,(H,29,32)(H,30,31). The van der Waals surface area contributed by atoms with E-state index in [0.29, 0.717) is 18.6 Å². The molecule has 3 rings (SSSR count). The molecule has 0 bridgehead atoms. The Morgan fingerprint density at radius 1 is 0.833 bits per heavy atom. The first-order valence-corrected chi connectivity index (χ1v) is 12.6. The Balaban J connectivity index is 1.68. The molecule has 0 aliphatic heterocycles. The Bertz CT molecular complexity index is 1040. The zero-order chi connectivity index (χ0) is 25.8. The van der Waals surface area contributed by atoms with Crippen LogP contribution in [0.25, 0.3) is 0 Å². The Kier molecular flexibility index (Phi) is 10.5. The highest BCUT2D eigenvalue weighted by Crippen LogP contribution is 2.27. The maximum absolute atomic E-state index is 12.5. The quantitative estimate of drug-likeness (QED) is 0.322. The van der Waals surface area contributed by atoms with Gasteiger partial charge in [0.2, 0.25) is 0 Å². The van der Waals surface area contributed by atoms with E-state index in [0.717, 1.165) is 28.2 Å². The molecule has 0 aliphatic rings. The van der Waals surface area contributed by atoms with Crippen molar-refractivity contribution in [1.29, 1.82) is 0 Å². The van der Waals surface area contributed by atoms with E-state index >= 15 is 0 Å². The van der Waals surface area contributed by atoms with Gasteiger partial charge in [-0.25, -0.2) is 9.59 Å². The fourth-order valence-electron chi connectivity index (χ4n) is 3.58. The highest BCUT2D eigenvalue weighted by atomic mass is 32.2. The topological polar surface area (TPSA) is 94.1 Å². The number of nitrogens with one attached hydrogen (secondary N) is 1.